The first-order chi connectivity index (χ1) is 12.1. The van der Waals surface area contributed by atoms with E-state index in [1.807, 2.05) is 0 Å². The second kappa shape index (κ2) is 5.26. The average molecular weight is 335 g/mol. The van der Waals surface area contributed by atoms with Gasteiger partial charge >= 0.3 is 0 Å². The van der Waals surface area contributed by atoms with Crippen molar-refractivity contribution in [3.63, 3.8) is 0 Å². The summed E-state index contributed by atoms with van der Waals surface area (Å²) in [7, 11) is 0. The molecule has 2 fully saturated rings. The van der Waals surface area contributed by atoms with E-state index in [4.69, 9.17) is 0 Å². The van der Waals surface area contributed by atoms with Gasteiger partial charge in [0.05, 0.1) is 11.9 Å². The molecule has 25 heavy (non-hydrogen) atoms. The van der Waals surface area contributed by atoms with E-state index in [9.17, 15) is 5.11 Å². The van der Waals surface area contributed by atoms with Crippen LogP contribution in [0.25, 0.3) is 11.2 Å². The summed E-state index contributed by atoms with van der Waals surface area (Å²) >= 11 is 0. The summed E-state index contributed by atoms with van der Waals surface area (Å²) in [6.45, 7) is 2.07. The molecule has 0 saturated carbocycles. The van der Waals surface area contributed by atoms with Crippen LogP contribution in [-0.2, 0) is 5.60 Å². The normalized spacial score (nSPS) is 28.6. The van der Waals surface area contributed by atoms with E-state index in [1.165, 1.54) is 5.56 Å². The van der Waals surface area contributed by atoms with E-state index in [0.29, 0.717) is 5.65 Å². The summed E-state index contributed by atoms with van der Waals surface area (Å²) in [6, 6.07) is 8.88. The lowest BCUT2D eigenvalue weighted by Crippen LogP contribution is -2.50. The molecule has 2 aliphatic rings. The van der Waals surface area contributed by atoms with Gasteiger partial charge in [-0.25, -0.2) is 15.0 Å². The van der Waals surface area contributed by atoms with Crippen LogP contribution in [0, 0.1) is 6.92 Å². The molecule has 2 N–H and O–H groups in total. The number of nitrogens with zero attached hydrogens (tertiary/aromatic N) is 4. The monoisotopic (exact) mass is 335 g/mol. The molecule has 0 amide bonds. The molecule has 3 aromatic rings. The van der Waals surface area contributed by atoms with Gasteiger partial charge in [0.25, 0.3) is 0 Å². The summed E-state index contributed by atoms with van der Waals surface area (Å²) in [5, 5.41) is 11.4. The number of fused-ring (bicyclic) bond motifs is 3. The van der Waals surface area contributed by atoms with Crippen molar-refractivity contribution in [1.82, 2.24) is 19.9 Å². The van der Waals surface area contributed by atoms with E-state index >= 15 is 0 Å². The molecule has 128 valence electrons. The minimum Gasteiger partial charge on any atom is -0.385 e. The van der Waals surface area contributed by atoms with Gasteiger partial charge in [0.1, 0.15) is 11.8 Å². The Kier molecular flexibility index (Phi) is 3.12. The predicted molar refractivity (Wildman–Crippen MR) is 95.3 cm³/mol. The molecule has 6 nitrogen and oxygen atoms in total. The topological polar surface area (TPSA) is 77.9 Å². The minimum atomic E-state index is -0.754. The molecule has 2 aliphatic heterocycles. The third-order valence-corrected chi connectivity index (χ3v) is 5.80. The fraction of sp³-hybridized carbons (Fsp3) is 0.421. The number of hydrogen-bond acceptors (Lipinski definition) is 5. The zero-order valence-electron chi connectivity index (χ0n) is 14.2. The van der Waals surface area contributed by atoms with Crippen molar-refractivity contribution in [2.24, 2.45) is 0 Å². The summed E-state index contributed by atoms with van der Waals surface area (Å²) < 4.78 is 0. The highest BCUT2D eigenvalue weighted by Crippen LogP contribution is 2.47. The lowest BCUT2D eigenvalue weighted by Gasteiger charge is -2.44. The Morgan fingerprint density at radius 3 is 2.52 bits per heavy atom. The molecule has 4 heterocycles. The molecule has 2 unspecified atom stereocenters. The van der Waals surface area contributed by atoms with E-state index in [1.54, 1.807) is 12.7 Å². The molecule has 2 atom stereocenters. The van der Waals surface area contributed by atoms with Crippen LogP contribution in [0.4, 0.5) is 5.82 Å². The fourth-order valence-electron chi connectivity index (χ4n) is 4.62. The van der Waals surface area contributed by atoms with Crippen LogP contribution in [0.2, 0.25) is 0 Å². The van der Waals surface area contributed by atoms with Crippen molar-refractivity contribution in [1.29, 1.82) is 0 Å². The number of nitrogens with one attached hydrogen (secondary N) is 1. The predicted octanol–water partition coefficient (Wildman–Crippen LogP) is 2.68. The maximum Gasteiger partial charge on any atom is 0.182 e. The zero-order chi connectivity index (χ0) is 17.0. The first-order valence-corrected chi connectivity index (χ1v) is 8.86. The van der Waals surface area contributed by atoms with Crippen LogP contribution < -0.4 is 4.90 Å². The van der Waals surface area contributed by atoms with Gasteiger partial charge in [-0.15, -0.1) is 0 Å². The summed E-state index contributed by atoms with van der Waals surface area (Å²) in [5.41, 5.74) is 3.08. The van der Waals surface area contributed by atoms with E-state index in [2.05, 4.69) is 56.0 Å². The zero-order valence-corrected chi connectivity index (χ0v) is 14.2. The number of benzene rings is 1. The largest absolute Gasteiger partial charge is 0.385 e. The van der Waals surface area contributed by atoms with Gasteiger partial charge in [0, 0.05) is 24.9 Å². The molecule has 0 spiro atoms. The Balaban J connectivity index is 1.51. The lowest BCUT2D eigenvalue weighted by atomic mass is 9.80. The minimum absolute atomic E-state index is 0.284. The van der Waals surface area contributed by atoms with Crippen molar-refractivity contribution in [3.05, 3.63) is 48.0 Å². The molecular formula is C19H21N5O. The maximum atomic E-state index is 11.4. The Morgan fingerprint density at radius 2 is 1.80 bits per heavy atom. The number of aromatic nitrogens is 4. The molecule has 2 bridgehead atoms. The number of aromatic amines is 1. The van der Waals surface area contributed by atoms with Gasteiger partial charge in [-0.05, 0) is 25.3 Å². The van der Waals surface area contributed by atoms with Crippen molar-refractivity contribution >= 4 is 17.0 Å². The van der Waals surface area contributed by atoms with Crippen molar-refractivity contribution in [2.45, 2.75) is 50.3 Å². The Morgan fingerprint density at radius 1 is 1.08 bits per heavy atom. The Hall–Kier alpha value is -2.47. The third-order valence-electron chi connectivity index (χ3n) is 5.80. The molecule has 6 heteroatoms. The van der Waals surface area contributed by atoms with Gasteiger partial charge in [-0.3, -0.25) is 0 Å². The highest BCUT2D eigenvalue weighted by atomic mass is 16.3. The molecule has 1 aromatic carbocycles. The molecule has 2 saturated heterocycles. The second-order valence-corrected chi connectivity index (χ2v) is 7.40. The van der Waals surface area contributed by atoms with Crippen LogP contribution in [0.1, 0.15) is 36.8 Å². The highest BCUT2D eigenvalue weighted by Gasteiger charge is 2.49. The maximum absolute atomic E-state index is 11.4. The van der Waals surface area contributed by atoms with Crippen molar-refractivity contribution in [3.8, 4) is 0 Å². The first-order valence-electron chi connectivity index (χ1n) is 8.86. The van der Waals surface area contributed by atoms with E-state index in [0.717, 1.165) is 42.6 Å². The first kappa shape index (κ1) is 14.8. The highest BCUT2D eigenvalue weighted by molar-refractivity contribution is 5.83. The Labute approximate surface area is 146 Å². The molecular weight excluding hydrogens is 314 g/mol. The van der Waals surface area contributed by atoms with Gasteiger partial charge in [0.15, 0.2) is 11.5 Å². The quantitative estimate of drug-likeness (QED) is 0.753. The van der Waals surface area contributed by atoms with Gasteiger partial charge in [0.2, 0.25) is 0 Å². The van der Waals surface area contributed by atoms with Crippen LogP contribution >= 0.6 is 0 Å². The van der Waals surface area contributed by atoms with Crippen LogP contribution in [-0.4, -0.2) is 37.1 Å². The van der Waals surface area contributed by atoms with Gasteiger partial charge in [-0.2, -0.15) is 0 Å². The number of aliphatic hydroxyl groups is 1. The standard InChI is InChI=1S/C19H21N5O/c1-12-2-4-13(5-3-12)19(25)8-14-6-7-15(9-19)24(14)18-16-17(21-10-20-16)22-11-23-18/h2-5,10-11,14-15,25H,6-9H2,1H3,(H,20,21,22,23). The van der Waals surface area contributed by atoms with Crippen molar-refractivity contribution < 1.29 is 5.11 Å². The number of anilines is 1. The van der Waals surface area contributed by atoms with E-state index in [-0.39, 0.29) is 12.1 Å². The number of hydrogen-bond donors (Lipinski definition) is 2. The molecule has 2 aromatic heterocycles. The average Bonchev–Trinajstić information content (AvgIpc) is 3.18. The number of rotatable bonds is 2. The van der Waals surface area contributed by atoms with Gasteiger partial charge in [-0.1, -0.05) is 29.8 Å². The second-order valence-electron chi connectivity index (χ2n) is 7.40. The van der Waals surface area contributed by atoms with Gasteiger partial charge < -0.3 is 15.0 Å². The smallest absolute Gasteiger partial charge is 0.182 e. The number of piperidine rings is 1. The number of imidazole rings is 1. The fourth-order valence-corrected chi connectivity index (χ4v) is 4.62. The third kappa shape index (κ3) is 2.24. The lowest BCUT2D eigenvalue weighted by molar-refractivity contribution is -0.00314. The van der Waals surface area contributed by atoms with Crippen LogP contribution in [0.3, 0.4) is 0 Å². The SMILES string of the molecule is Cc1ccc(C2(O)CC3CCC(C2)N3c2ncnc3nc[nH]c23)cc1. The summed E-state index contributed by atoms with van der Waals surface area (Å²) in [5.74, 6) is 0.918. The van der Waals surface area contributed by atoms with Crippen LogP contribution in [0.5, 0.6) is 0 Å². The molecule has 5 rings (SSSR count). The summed E-state index contributed by atoms with van der Waals surface area (Å²) in [6.07, 6.45) is 6.87. The van der Waals surface area contributed by atoms with Crippen LogP contribution in [0.15, 0.2) is 36.9 Å². The number of H-pyrrole nitrogens is 1. The van der Waals surface area contributed by atoms with E-state index < -0.39 is 5.60 Å². The number of aryl methyl sites for hydroxylation is 1. The van der Waals surface area contributed by atoms with Crippen molar-refractivity contribution in [2.75, 3.05) is 4.90 Å². The molecule has 0 radical (unpaired) electrons. The molecule has 0 aliphatic carbocycles. The summed E-state index contributed by atoms with van der Waals surface area (Å²) in [4.78, 5) is 18.6. The Bertz CT molecular complexity index is 905.